The maximum Gasteiger partial charge on any atom is 0.294 e. The van der Waals surface area contributed by atoms with Crippen LogP contribution < -0.4 is 16.6 Å². The highest BCUT2D eigenvalue weighted by Gasteiger charge is 2.16. The number of hydrogen-bond acceptors (Lipinski definition) is 6. The molecule has 1 aromatic carbocycles. The number of imidazole rings is 1. The molecule has 1 aromatic heterocycles. The van der Waals surface area contributed by atoms with Crippen LogP contribution in [0.5, 0.6) is 0 Å². The Hall–Kier alpha value is -2.94. The lowest BCUT2D eigenvalue weighted by molar-refractivity contribution is -0.384. The predicted molar refractivity (Wildman–Crippen MR) is 70.7 cm³/mol. The van der Waals surface area contributed by atoms with Gasteiger partial charge < -0.3 is 15.7 Å². The Bertz CT molecular complexity index is 625. The summed E-state index contributed by atoms with van der Waals surface area (Å²) in [6, 6.07) is 3.98. The lowest BCUT2D eigenvalue weighted by Gasteiger charge is -2.06. The first-order valence-corrected chi connectivity index (χ1v) is 5.63. The van der Waals surface area contributed by atoms with Crippen molar-refractivity contribution in [3.8, 4) is 0 Å². The van der Waals surface area contributed by atoms with Crippen LogP contribution in [0.4, 0.5) is 11.4 Å². The van der Waals surface area contributed by atoms with Crippen LogP contribution in [0, 0.1) is 10.1 Å². The predicted octanol–water partition coefficient (Wildman–Crippen LogP) is 0.533. The number of benzene rings is 1. The molecule has 104 valence electrons. The normalized spacial score (nSPS) is 10.1. The van der Waals surface area contributed by atoms with Gasteiger partial charge in [-0.25, -0.2) is 4.98 Å². The molecule has 0 aliphatic rings. The molecule has 0 aliphatic heterocycles. The van der Waals surface area contributed by atoms with Crippen LogP contribution in [0.1, 0.15) is 16.2 Å². The molecule has 0 bridgehead atoms. The number of carbonyl (C=O) groups is 1. The van der Waals surface area contributed by atoms with Gasteiger partial charge in [-0.15, -0.1) is 0 Å². The number of nitro groups is 1. The molecule has 20 heavy (non-hydrogen) atoms. The van der Waals surface area contributed by atoms with E-state index in [1.54, 1.807) is 12.4 Å². The smallest absolute Gasteiger partial charge is 0.294 e. The quantitative estimate of drug-likeness (QED) is 0.357. The minimum absolute atomic E-state index is 0.137. The molecule has 0 saturated carbocycles. The molecule has 0 unspecified atom stereocenters. The molecule has 0 spiro atoms. The highest BCUT2D eigenvalue weighted by molar-refractivity contribution is 5.95. The first-order valence-electron chi connectivity index (χ1n) is 5.63. The number of nitrogens with zero attached hydrogens (tertiary/aromatic N) is 2. The van der Waals surface area contributed by atoms with Crippen LogP contribution in [0.3, 0.4) is 0 Å². The highest BCUT2D eigenvalue weighted by atomic mass is 16.6. The molecule has 9 nitrogen and oxygen atoms in total. The van der Waals surface area contributed by atoms with Crippen molar-refractivity contribution >= 4 is 17.3 Å². The number of rotatable bonds is 5. The van der Waals surface area contributed by atoms with Crippen molar-refractivity contribution in [3.05, 3.63) is 52.1 Å². The van der Waals surface area contributed by atoms with E-state index >= 15 is 0 Å². The largest absolute Gasteiger partial charge is 0.347 e. The van der Waals surface area contributed by atoms with Crippen LogP contribution >= 0.6 is 0 Å². The maximum absolute atomic E-state index is 11.9. The molecule has 0 radical (unpaired) electrons. The van der Waals surface area contributed by atoms with Crippen molar-refractivity contribution in [1.29, 1.82) is 0 Å². The van der Waals surface area contributed by atoms with Gasteiger partial charge in [0.1, 0.15) is 11.5 Å². The number of nitro benzene ring substituents is 1. The van der Waals surface area contributed by atoms with Gasteiger partial charge in [0.25, 0.3) is 11.6 Å². The van der Waals surface area contributed by atoms with Gasteiger partial charge in [0.2, 0.25) is 0 Å². The number of nitrogens with one attached hydrogen (secondary N) is 3. The third-order valence-electron chi connectivity index (χ3n) is 2.58. The van der Waals surface area contributed by atoms with E-state index in [0.29, 0.717) is 5.82 Å². The van der Waals surface area contributed by atoms with E-state index in [0.717, 1.165) is 6.07 Å². The summed E-state index contributed by atoms with van der Waals surface area (Å²) in [6.45, 7) is 0.205. The Morgan fingerprint density at radius 1 is 1.50 bits per heavy atom. The molecule has 0 atom stereocenters. The van der Waals surface area contributed by atoms with Crippen LogP contribution in [-0.4, -0.2) is 20.8 Å². The Morgan fingerprint density at radius 2 is 2.30 bits per heavy atom. The molecule has 1 heterocycles. The second-order valence-electron chi connectivity index (χ2n) is 3.85. The summed E-state index contributed by atoms with van der Waals surface area (Å²) < 4.78 is 0. The van der Waals surface area contributed by atoms with E-state index in [4.69, 9.17) is 5.84 Å². The molecule has 0 fully saturated rings. The van der Waals surface area contributed by atoms with Gasteiger partial charge in [0, 0.05) is 24.0 Å². The Kier molecular flexibility index (Phi) is 3.91. The number of nitrogen functional groups attached to an aromatic ring is 1. The van der Waals surface area contributed by atoms with Crippen LogP contribution in [0.2, 0.25) is 0 Å². The molecular weight excluding hydrogens is 264 g/mol. The number of aromatic nitrogens is 2. The fraction of sp³-hybridized carbons (Fsp3) is 0.0909. The number of nitrogens with two attached hydrogens (primary N) is 1. The molecule has 1 amide bonds. The SMILES string of the molecule is NNc1ccc(C(=O)NCc2ncc[nH]2)cc1[N+](=O)[O-]. The number of anilines is 1. The number of H-pyrrole nitrogens is 1. The number of hydrogen-bond donors (Lipinski definition) is 4. The zero-order chi connectivity index (χ0) is 14.5. The van der Waals surface area contributed by atoms with Gasteiger partial charge in [-0.2, -0.15) is 0 Å². The lowest BCUT2D eigenvalue weighted by atomic mass is 10.1. The first kappa shape index (κ1) is 13.5. The molecule has 0 aliphatic carbocycles. The van der Waals surface area contributed by atoms with Crippen molar-refractivity contribution in [2.75, 3.05) is 5.43 Å². The third kappa shape index (κ3) is 2.90. The Labute approximate surface area is 113 Å². The Balaban J connectivity index is 2.13. The maximum atomic E-state index is 11.9. The van der Waals surface area contributed by atoms with E-state index in [1.807, 2.05) is 0 Å². The average molecular weight is 276 g/mol. The zero-order valence-electron chi connectivity index (χ0n) is 10.3. The molecule has 5 N–H and O–H groups in total. The second-order valence-corrected chi connectivity index (χ2v) is 3.85. The number of amides is 1. The van der Waals surface area contributed by atoms with Crippen molar-refractivity contribution < 1.29 is 9.72 Å². The molecule has 2 rings (SSSR count). The van der Waals surface area contributed by atoms with Crippen LogP contribution in [0.15, 0.2) is 30.6 Å². The number of carbonyl (C=O) groups excluding carboxylic acids is 1. The van der Waals surface area contributed by atoms with Crippen LogP contribution in [-0.2, 0) is 6.54 Å². The summed E-state index contributed by atoms with van der Waals surface area (Å²) in [4.78, 5) is 28.9. The van der Waals surface area contributed by atoms with Gasteiger partial charge >= 0.3 is 0 Å². The highest BCUT2D eigenvalue weighted by Crippen LogP contribution is 2.24. The van der Waals surface area contributed by atoms with Crippen LogP contribution in [0.25, 0.3) is 0 Å². The molecular formula is C11H12N6O3. The number of hydrazine groups is 1. The van der Waals surface area contributed by atoms with Gasteiger partial charge in [-0.3, -0.25) is 20.8 Å². The molecule has 0 saturated heterocycles. The minimum Gasteiger partial charge on any atom is -0.347 e. The Morgan fingerprint density at radius 3 is 2.90 bits per heavy atom. The van der Waals surface area contributed by atoms with E-state index in [-0.39, 0.29) is 23.5 Å². The fourth-order valence-electron chi connectivity index (χ4n) is 1.61. The van der Waals surface area contributed by atoms with Crippen molar-refractivity contribution in [1.82, 2.24) is 15.3 Å². The van der Waals surface area contributed by atoms with Gasteiger partial charge in [0.15, 0.2) is 0 Å². The zero-order valence-corrected chi connectivity index (χ0v) is 10.3. The van der Waals surface area contributed by atoms with Crippen molar-refractivity contribution in [2.45, 2.75) is 6.54 Å². The van der Waals surface area contributed by atoms with E-state index in [2.05, 4.69) is 20.7 Å². The standard InChI is InChI=1S/C11H12N6O3/c12-16-8-2-1-7(5-9(8)17(19)20)11(18)15-6-10-13-3-4-14-10/h1-5,16H,6,12H2,(H,13,14)(H,15,18). The van der Waals surface area contributed by atoms with E-state index in [9.17, 15) is 14.9 Å². The summed E-state index contributed by atoms with van der Waals surface area (Å²) in [5, 5.41) is 13.5. The second kappa shape index (κ2) is 5.80. The third-order valence-corrected chi connectivity index (χ3v) is 2.58. The van der Waals surface area contributed by atoms with Gasteiger partial charge in [0.05, 0.1) is 11.5 Å². The summed E-state index contributed by atoms with van der Waals surface area (Å²) in [5.41, 5.74) is 2.25. The summed E-state index contributed by atoms with van der Waals surface area (Å²) in [6.07, 6.45) is 3.20. The minimum atomic E-state index is -0.613. The van der Waals surface area contributed by atoms with Crippen molar-refractivity contribution in [2.24, 2.45) is 5.84 Å². The van der Waals surface area contributed by atoms with Gasteiger partial charge in [-0.05, 0) is 12.1 Å². The topological polar surface area (TPSA) is 139 Å². The van der Waals surface area contributed by atoms with E-state index in [1.165, 1.54) is 12.1 Å². The monoisotopic (exact) mass is 276 g/mol. The lowest BCUT2D eigenvalue weighted by Crippen LogP contribution is -2.23. The van der Waals surface area contributed by atoms with Gasteiger partial charge in [-0.1, -0.05) is 0 Å². The summed E-state index contributed by atoms with van der Waals surface area (Å²) in [7, 11) is 0. The van der Waals surface area contributed by atoms with E-state index < -0.39 is 10.8 Å². The fourth-order valence-corrected chi connectivity index (χ4v) is 1.61. The summed E-state index contributed by atoms with van der Waals surface area (Å²) in [5.74, 6) is 5.32. The molecule has 2 aromatic rings. The average Bonchev–Trinajstić information content (AvgIpc) is 2.97. The summed E-state index contributed by atoms with van der Waals surface area (Å²) >= 11 is 0. The first-order chi connectivity index (χ1) is 9.61. The van der Waals surface area contributed by atoms with Crippen molar-refractivity contribution in [3.63, 3.8) is 0 Å². The number of aromatic amines is 1. The molecule has 9 heteroatoms.